The Kier molecular flexibility index (Phi) is 7.64. The molecule has 9 nitrogen and oxygen atoms in total. The normalized spacial score (nSPS) is 12.2. The molecule has 178 valence electrons. The molecule has 3 aromatic rings. The number of amides is 1. The van der Waals surface area contributed by atoms with Crippen molar-refractivity contribution >= 4 is 27.3 Å². The number of carbonyl (C=O) groups is 1. The number of ether oxygens (including phenoxy) is 1. The number of sulfonamides is 1. The number of nitro benzene ring substituents is 1. The summed E-state index contributed by atoms with van der Waals surface area (Å²) in [6.07, 6.45) is -0.211. The number of rotatable bonds is 9. The first kappa shape index (κ1) is 24.9. The molecule has 0 aliphatic rings. The van der Waals surface area contributed by atoms with Gasteiger partial charge in [-0.05, 0) is 42.3 Å². The maximum atomic E-state index is 13.3. The number of non-ortho nitro benzene ring substituents is 1. The Balaban J connectivity index is 1.93. The molecule has 3 aromatic carbocycles. The summed E-state index contributed by atoms with van der Waals surface area (Å²) < 4.78 is 32.9. The van der Waals surface area contributed by atoms with Crippen LogP contribution < -0.4 is 10.1 Å². The minimum atomic E-state index is -3.91. The molecule has 3 rings (SSSR count). The zero-order chi connectivity index (χ0) is 24.9. The third-order valence-electron chi connectivity index (χ3n) is 5.44. The van der Waals surface area contributed by atoms with Gasteiger partial charge in [-0.3, -0.25) is 14.9 Å². The van der Waals surface area contributed by atoms with E-state index in [-0.39, 0.29) is 17.0 Å². The van der Waals surface area contributed by atoms with Gasteiger partial charge in [-0.2, -0.15) is 4.31 Å². The van der Waals surface area contributed by atoms with Crippen molar-refractivity contribution in [3.8, 4) is 5.75 Å². The smallest absolute Gasteiger partial charge is 0.271 e. The van der Waals surface area contributed by atoms with Crippen molar-refractivity contribution in [2.45, 2.75) is 24.3 Å². The summed E-state index contributed by atoms with van der Waals surface area (Å²) in [5.41, 5.74) is 1.37. The Hall–Kier alpha value is -3.76. The molecule has 0 saturated heterocycles. The highest BCUT2D eigenvalue weighted by Gasteiger charge is 2.31. The lowest BCUT2D eigenvalue weighted by molar-refractivity contribution is -0.384. The minimum Gasteiger partial charge on any atom is -0.497 e. The van der Waals surface area contributed by atoms with E-state index in [1.165, 1.54) is 38.4 Å². The molecule has 10 heteroatoms. The molecule has 34 heavy (non-hydrogen) atoms. The van der Waals surface area contributed by atoms with Crippen LogP contribution in [-0.4, -0.2) is 37.7 Å². The predicted octanol–water partition coefficient (Wildman–Crippen LogP) is 4.30. The van der Waals surface area contributed by atoms with Crippen LogP contribution in [0.2, 0.25) is 0 Å². The molecule has 0 aliphatic heterocycles. The van der Waals surface area contributed by atoms with E-state index in [4.69, 9.17) is 4.74 Å². The van der Waals surface area contributed by atoms with Gasteiger partial charge in [0.1, 0.15) is 5.75 Å². The summed E-state index contributed by atoms with van der Waals surface area (Å²) in [7, 11) is -0.973. The average molecular weight is 484 g/mol. The summed E-state index contributed by atoms with van der Waals surface area (Å²) in [6.45, 7) is 1.71. The van der Waals surface area contributed by atoms with E-state index in [9.17, 15) is 23.3 Å². The molecule has 0 fully saturated rings. The van der Waals surface area contributed by atoms with Gasteiger partial charge in [0.05, 0.1) is 28.7 Å². The van der Waals surface area contributed by atoms with Crippen molar-refractivity contribution < 1.29 is 22.9 Å². The highest BCUT2D eigenvalue weighted by atomic mass is 32.2. The van der Waals surface area contributed by atoms with E-state index in [1.807, 2.05) is 0 Å². The predicted molar refractivity (Wildman–Crippen MR) is 128 cm³/mol. The number of anilines is 1. The van der Waals surface area contributed by atoms with Crippen LogP contribution in [0.3, 0.4) is 0 Å². The van der Waals surface area contributed by atoms with E-state index in [1.54, 1.807) is 55.5 Å². The van der Waals surface area contributed by atoms with Crippen LogP contribution in [0.25, 0.3) is 0 Å². The fraction of sp³-hybridized carbons (Fsp3) is 0.208. The largest absolute Gasteiger partial charge is 0.497 e. The Morgan fingerprint density at radius 2 is 1.74 bits per heavy atom. The van der Waals surface area contributed by atoms with E-state index in [2.05, 4.69) is 5.32 Å². The van der Waals surface area contributed by atoms with E-state index < -0.39 is 26.9 Å². The zero-order valence-electron chi connectivity index (χ0n) is 19.0. The lowest BCUT2D eigenvalue weighted by Crippen LogP contribution is -2.34. The van der Waals surface area contributed by atoms with Crippen molar-refractivity contribution in [2.75, 3.05) is 19.5 Å². The molecule has 0 saturated carbocycles. The number of nitrogens with zero attached hydrogens (tertiary/aromatic N) is 2. The van der Waals surface area contributed by atoms with Gasteiger partial charge in [0.2, 0.25) is 15.9 Å². The summed E-state index contributed by atoms with van der Waals surface area (Å²) >= 11 is 0. The van der Waals surface area contributed by atoms with Gasteiger partial charge in [0.25, 0.3) is 5.69 Å². The standard InChI is InChI=1S/C24H25N3O6S/c1-17-9-12-19(27(29)30)15-22(17)25-24(28)16-23(18-10-13-20(33-3)14-11-18)26(2)34(31,32)21-7-5-4-6-8-21/h4-15,23H,16H2,1-3H3,(H,25,28)/t23-/m1/s1. The first-order chi connectivity index (χ1) is 16.1. The van der Waals surface area contributed by atoms with Crippen LogP contribution in [0.5, 0.6) is 5.75 Å². The Morgan fingerprint density at radius 3 is 2.32 bits per heavy atom. The van der Waals surface area contributed by atoms with Crippen molar-refractivity contribution in [3.63, 3.8) is 0 Å². The lowest BCUT2D eigenvalue weighted by Gasteiger charge is -2.28. The highest BCUT2D eigenvalue weighted by molar-refractivity contribution is 7.89. The van der Waals surface area contributed by atoms with Crippen LogP contribution in [0.4, 0.5) is 11.4 Å². The number of hydrogen-bond acceptors (Lipinski definition) is 6. The van der Waals surface area contributed by atoms with Crippen LogP contribution >= 0.6 is 0 Å². The molecule has 0 bridgehead atoms. The SMILES string of the molecule is COc1ccc([C@@H](CC(=O)Nc2cc([N+](=O)[O-])ccc2C)N(C)S(=O)(=O)c2ccccc2)cc1. The van der Waals surface area contributed by atoms with Gasteiger partial charge < -0.3 is 10.1 Å². The molecule has 0 radical (unpaired) electrons. The molecular formula is C24H25N3O6S. The second kappa shape index (κ2) is 10.4. The molecule has 0 heterocycles. The third kappa shape index (κ3) is 5.59. The third-order valence-corrected chi connectivity index (χ3v) is 7.33. The van der Waals surface area contributed by atoms with Gasteiger partial charge in [0, 0.05) is 25.6 Å². The summed E-state index contributed by atoms with van der Waals surface area (Å²) in [4.78, 5) is 23.7. The van der Waals surface area contributed by atoms with Gasteiger partial charge in [0.15, 0.2) is 0 Å². The molecule has 0 spiro atoms. The first-order valence-electron chi connectivity index (χ1n) is 10.4. The van der Waals surface area contributed by atoms with Crippen molar-refractivity contribution in [3.05, 3.63) is 94.0 Å². The Bertz CT molecular complexity index is 1280. The van der Waals surface area contributed by atoms with Crippen LogP contribution in [0.15, 0.2) is 77.7 Å². The molecule has 0 aromatic heterocycles. The number of nitro groups is 1. The van der Waals surface area contributed by atoms with E-state index in [0.29, 0.717) is 22.6 Å². The van der Waals surface area contributed by atoms with Crippen LogP contribution in [0, 0.1) is 17.0 Å². The van der Waals surface area contributed by atoms with Crippen molar-refractivity contribution in [1.29, 1.82) is 0 Å². The maximum Gasteiger partial charge on any atom is 0.271 e. The number of methoxy groups -OCH3 is 1. The molecule has 1 N–H and O–H groups in total. The van der Waals surface area contributed by atoms with Gasteiger partial charge >= 0.3 is 0 Å². The van der Waals surface area contributed by atoms with E-state index in [0.717, 1.165) is 4.31 Å². The van der Waals surface area contributed by atoms with Gasteiger partial charge in [-0.15, -0.1) is 0 Å². The lowest BCUT2D eigenvalue weighted by atomic mass is 10.0. The maximum absolute atomic E-state index is 13.3. The summed E-state index contributed by atoms with van der Waals surface area (Å²) in [6, 6.07) is 18.1. The minimum absolute atomic E-state index is 0.103. The quantitative estimate of drug-likeness (QED) is 0.358. The molecular weight excluding hydrogens is 458 g/mol. The number of carbonyl (C=O) groups excluding carboxylic acids is 1. The topological polar surface area (TPSA) is 119 Å². The zero-order valence-corrected chi connectivity index (χ0v) is 19.8. The fourth-order valence-electron chi connectivity index (χ4n) is 3.44. The average Bonchev–Trinajstić information content (AvgIpc) is 2.84. The molecule has 0 unspecified atom stereocenters. The highest BCUT2D eigenvalue weighted by Crippen LogP contribution is 2.31. The number of hydrogen-bond donors (Lipinski definition) is 1. The Morgan fingerprint density at radius 1 is 1.09 bits per heavy atom. The molecule has 1 amide bonds. The Labute approximate surface area is 198 Å². The number of benzene rings is 3. The number of aryl methyl sites for hydroxylation is 1. The summed E-state index contributed by atoms with van der Waals surface area (Å²) in [5, 5.41) is 13.8. The van der Waals surface area contributed by atoms with E-state index >= 15 is 0 Å². The fourth-order valence-corrected chi connectivity index (χ4v) is 4.81. The van der Waals surface area contributed by atoms with Crippen molar-refractivity contribution in [2.24, 2.45) is 0 Å². The number of nitrogens with one attached hydrogen (secondary N) is 1. The molecule has 1 atom stereocenters. The van der Waals surface area contributed by atoms with Crippen LogP contribution in [0.1, 0.15) is 23.6 Å². The second-order valence-corrected chi connectivity index (χ2v) is 9.63. The first-order valence-corrected chi connectivity index (χ1v) is 11.8. The van der Waals surface area contributed by atoms with Crippen molar-refractivity contribution in [1.82, 2.24) is 4.31 Å². The van der Waals surface area contributed by atoms with Gasteiger partial charge in [-0.25, -0.2) is 8.42 Å². The van der Waals surface area contributed by atoms with Crippen LogP contribution in [-0.2, 0) is 14.8 Å². The summed E-state index contributed by atoms with van der Waals surface area (Å²) in [5.74, 6) is 0.104. The molecule has 0 aliphatic carbocycles. The monoisotopic (exact) mass is 483 g/mol. The van der Waals surface area contributed by atoms with Gasteiger partial charge in [-0.1, -0.05) is 36.4 Å². The second-order valence-electron chi connectivity index (χ2n) is 7.63.